The Morgan fingerprint density at radius 3 is 2.20 bits per heavy atom. The van der Waals surface area contributed by atoms with Gasteiger partial charge in [-0.25, -0.2) is 13.2 Å². The third-order valence-electron chi connectivity index (χ3n) is 3.13. The molecule has 0 spiro atoms. The van der Waals surface area contributed by atoms with Gasteiger partial charge in [0.15, 0.2) is 11.6 Å². The molecule has 0 aliphatic heterocycles. The summed E-state index contributed by atoms with van der Waals surface area (Å²) in [4.78, 5) is 0. The third-order valence-corrected chi connectivity index (χ3v) is 3.13. The Balaban J connectivity index is 2.75. The van der Waals surface area contributed by atoms with Gasteiger partial charge in [-0.2, -0.15) is 5.10 Å². The van der Waals surface area contributed by atoms with Crippen LogP contribution in [0.4, 0.5) is 13.2 Å². The van der Waals surface area contributed by atoms with Gasteiger partial charge < -0.3 is 0 Å². The van der Waals surface area contributed by atoms with Crippen LogP contribution in [0.5, 0.6) is 0 Å². The van der Waals surface area contributed by atoms with E-state index in [1.165, 1.54) is 0 Å². The highest BCUT2D eigenvalue weighted by Gasteiger charge is 2.24. The van der Waals surface area contributed by atoms with Crippen molar-refractivity contribution in [2.45, 2.75) is 39.7 Å². The second-order valence-electron chi connectivity index (χ2n) is 5.70. The summed E-state index contributed by atoms with van der Waals surface area (Å²) >= 11 is 0. The minimum atomic E-state index is -1.19. The van der Waals surface area contributed by atoms with E-state index in [4.69, 9.17) is 0 Å². The summed E-state index contributed by atoms with van der Waals surface area (Å²) in [7, 11) is 0. The number of nitrogens with zero attached hydrogens (tertiary/aromatic N) is 2. The molecule has 1 aromatic carbocycles. The van der Waals surface area contributed by atoms with Crippen molar-refractivity contribution in [1.82, 2.24) is 9.78 Å². The Kier molecular flexibility index (Phi) is 3.63. The molecule has 0 atom stereocenters. The zero-order chi connectivity index (χ0) is 15.1. The normalized spacial score (nSPS) is 11.9. The molecule has 0 fully saturated rings. The maximum atomic E-state index is 14.0. The van der Waals surface area contributed by atoms with Crippen LogP contribution in [-0.2, 0) is 12.0 Å². The van der Waals surface area contributed by atoms with Gasteiger partial charge in [-0.1, -0.05) is 6.92 Å². The third kappa shape index (κ3) is 2.44. The minimum absolute atomic E-state index is 0.0353. The molecule has 0 N–H and O–H groups in total. The van der Waals surface area contributed by atoms with Crippen molar-refractivity contribution < 1.29 is 13.2 Å². The first-order valence-electron chi connectivity index (χ1n) is 6.48. The molecular weight excluding hydrogens is 265 g/mol. The summed E-state index contributed by atoms with van der Waals surface area (Å²) in [6.45, 7) is 7.66. The monoisotopic (exact) mass is 282 g/mol. The zero-order valence-corrected chi connectivity index (χ0v) is 12.0. The lowest BCUT2D eigenvalue weighted by Crippen LogP contribution is -2.24. The van der Waals surface area contributed by atoms with Crippen LogP contribution in [0.25, 0.3) is 11.3 Å². The minimum Gasteiger partial charge on any atom is -0.259 e. The Morgan fingerprint density at radius 2 is 1.65 bits per heavy atom. The van der Waals surface area contributed by atoms with Crippen molar-refractivity contribution >= 4 is 0 Å². The van der Waals surface area contributed by atoms with Gasteiger partial charge in [0.25, 0.3) is 0 Å². The molecular formula is C15H17F3N2. The summed E-state index contributed by atoms with van der Waals surface area (Å²) in [6.07, 6.45) is 2.27. The molecule has 0 radical (unpaired) electrons. The first-order valence-corrected chi connectivity index (χ1v) is 6.48. The van der Waals surface area contributed by atoms with Crippen molar-refractivity contribution in [3.8, 4) is 11.3 Å². The molecule has 20 heavy (non-hydrogen) atoms. The standard InChI is InChI=1S/C15H17F3N2/c1-5-9-8-19-20(15(2,3)4)14(9)10-6-12(17)13(18)7-11(10)16/h6-8H,5H2,1-4H3. The van der Waals surface area contributed by atoms with Gasteiger partial charge in [-0.05, 0) is 38.8 Å². The van der Waals surface area contributed by atoms with Crippen LogP contribution in [0.3, 0.4) is 0 Å². The van der Waals surface area contributed by atoms with Crippen molar-refractivity contribution in [3.05, 3.63) is 41.3 Å². The fourth-order valence-electron chi connectivity index (χ4n) is 2.14. The highest BCUT2D eigenvalue weighted by Crippen LogP contribution is 2.32. The average Bonchev–Trinajstić information content (AvgIpc) is 2.77. The molecule has 0 saturated heterocycles. The van der Waals surface area contributed by atoms with E-state index < -0.39 is 17.5 Å². The molecule has 0 bridgehead atoms. The number of benzene rings is 1. The number of aryl methyl sites for hydroxylation is 1. The van der Waals surface area contributed by atoms with E-state index in [0.29, 0.717) is 18.2 Å². The summed E-state index contributed by atoms with van der Waals surface area (Å²) in [5.41, 5.74) is 0.939. The van der Waals surface area contributed by atoms with Crippen molar-refractivity contribution in [3.63, 3.8) is 0 Å². The molecule has 0 aliphatic rings. The van der Waals surface area contributed by atoms with Crippen LogP contribution >= 0.6 is 0 Å². The van der Waals surface area contributed by atoms with Crippen LogP contribution in [-0.4, -0.2) is 9.78 Å². The summed E-state index contributed by atoms with van der Waals surface area (Å²) in [5, 5.41) is 4.26. The number of hydrogen-bond donors (Lipinski definition) is 0. The topological polar surface area (TPSA) is 17.8 Å². The van der Waals surface area contributed by atoms with Gasteiger partial charge in [-0.15, -0.1) is 0 Å². The fourth-order valence-corrected chi connectivity index (χ4v) is 2.14. The molecule has 0 unspecified atom stereocenters. The van der Waals surface area contributed by atoms with Crippen LogP contribution in [0.2, 0.25) is 0 Å². The summed E-state index contributed by atoms with van der Waals surface area (Å²) in [5.74, 6) is -3.04. The Hall–Kier alpha value is -1.78. The molecule has 1 heterocycles. The molecule has 5 heteroatoms. The van der Waals surface area contributed by atoms with Crippen molar-refractivity contribution in [1.29, 1.82) is 0 Å². The molecule has 2 nitrogen and oxygen atoms in total. The van der Waals surface area contributed by atoms with Gasteiger partial charge in [0.1, 0.15) is 5.82 Å². The van der Waals surface area contributed by atoms with Crippen LogP contribution in [0, 0.1) is 17.5 Å². The van der Waals surface area contributed by atoms with E-state index in [1.807, 2.05) is 27.7 Å². The van der Waals surface area contributed by atoms with Crippen molar-refractivity contribution in [2.75, 3.05) is 0 Å². The molecule has 1 aromatic heterocycles. The maximum absolute atomic E-state index is 14.0. The molecule has 0 aliphatic carbocycles. The van der Waals surface area contributed by atoms with E-state index in [0.717, 1.165) is 11.6 Å². The fraction of sp³-hybridized carbons (Fsp3) is 0.400. The molecule has 0 amide bonds. The van der Waals surface area contributed by atoms with Crippen LogP contribution in [0.1, 0.15) is 33.3 Å². The largest absolute Gasteiger partial charge is 0.259 e. The summed E-state index contributed by atoms with van der Waals surface area (Å²) < 4.78 is 42.2. The Labute approximate surface area is 116 Å². The number of aromatic nitrogens is 2. The lowest BCUT2D eigenvalue weighted by atomic mass is 10.0. The lowest BCUT2D eigenvalue weighted by Gasteiger charge is -2.23. The number of hydrogen-bond acceptors (Lipinski definition) is 1. The number of halogens is 3. The first-order chi connectivity index (χ1) is 9.25. The predicted octanol–water partition coefficient (Wildman–Crippen LogP) is 4.28. The van der Waals surface area contributed by atoms with E-state index in [9.17, 15) is 13.2 Å². The van der Waals surface area contributed by atoms with Crippen molar-refractivity contribution in [2.24, 2.45) is 0 Å². The summed E-state index contributed by atoms with van der Waals surface area (Å²) in [6, 6.07) is 1.47. The van der Waals surface area contributed by atoms with E-state index in [-0.39, 0.29) is 11.1 Å². The van der Waals surface area contributed by atoms with Gasteiger partial charge in [0, 0.05) is 11.6 Å². The SMILES string of the molecule is CCc1cnn(C(C)(C)C)c1-c1cc(F)c(F)cc1F. The molecule has 2 aromatic rings. The van der Waals surface area contributed by atoms with E-state index >= 15 is 0 Å². The molecule has 0 saturated carbocycles. The number of rotatable bonds is 2. The molecule has 108 valence electrons. The van der Waals surface area contributed by atoms with E-state index in [1.54, 1.807) is 10.9 Å². The van der Waals surface area contributed by atoms with Crippen LogP contribution < -0.4 is 0 Å². The Bertz CT molecular complexity index is 639. The second kappa shape index (κ2) is 4.96. The van der Waals surface area contributed by atoms with E-state index in [2.05, 4.69) is 5.10 Å². The van der Waals surface area contributed by atoms with Gasteiger partial charge >= 0.3 is 0 Å². The second-order valence-corrected chi connectivity index (χ2v) is 5.70. The van der Waals surface area contributed by atoms with Gasteiger partial charge in [0.05, 0.1) is 17.4 Å². The maximum Gasteiger partial charge on any atom is 0.161 e. The average molecular weight is 282 g/mol. The molecule has 2 rings (SSSR count). The smallest absolute Gasteiger partial charge is 0.161 e. The van der Waals surface area contributed by atoms with Crippen LogP contribution in [0.15, 0.2) is 18.3 Å². The van der Waals surface area contributed by atoms with Gasteiger partial charge in [0.2, 0.25) is 0 Å². The first kappa shape index (κ1) is 14.6. The lowest BCUT2D eigenvalue weighted by molar-refractivity contribution is 0.359. The zero-order valence-electron chi connectivity index (χ0n) is 12.0. The predicted molar refractivity (Wildman–Crippen MR) is 71.9 cm³/mol. The highest BCUT2D eigenvalue weighted by atomic mass is 19.2. The quantitative estimate of drug-likeness (QED) is 0.751. The Morgan fingerprint density at radius 1 is 1.05 bits per heavy atom. The van der Waals surface area contributed by atoms with Gasteiger partial charge in [-0.3, -0.25) is 4.68 Å². The highest BCUT2D eigenvalue weighted by molar-refractivity contribution is 5.64.